The molecule has 5 nitrogen and oxygen atoms in total. The second kappa shape index (κ2) is 6.54. The van der Waals surface area contributed by atoms with Crippen LogP contribution in [0.15, 0.2) is 30.6 Å². The summed E-state index contributed by atoms with van der Waals surface area (Å²) in [6, 6.07) is 5.64. The van der Waals surface area contributed by atoms with Crippen molar-refractivity contribution in [2.75, 3.05) is 5.32 Å². The zero-order chi connectivity index (χ0) is 15.4. The van der Waals surface area contributed by atoms with Crippen molar-refractivity contribution in [3.05, 3.63) is 46.7 Å². The molecule has 110 valence electrons. The van der Waals surface area contributed by atoms with Gasteiger partial charge in [0.15, 0.2) is 0 Å². The van der Waals surface area contributed by atoms with E-state index >= 15 is 0 Å². The molecule has 0 atom stereocenters. The molecule has 0 aliphatic rings. The van der Waals surface area contributed by atoms with E-state index in [0.717, 1.165) is 11.3 Å². The van der Waals surface area contributed by atoms with Crippen molar-refractivity contribution in [3.8, 4) is 0 Å². The van der Waals surface area contributed by atoms with E-state index in [-0.39, 0.29) is 11.9 Å². The Balaban J connectivity index is 2.12. The standard InChI is InChI=1S/C15H17ClN4O/c1-9(2)19-14(21)11-7-17-15(18-8-11)20-13-6-4-5-12(16)10(13)3/h4-9H,1-3H3,(H,19,21)(H,17,18,20). The van der Waals surface area contributed by atoms with E-state index < -0.39 is 0 Å². The third-order valence-electron chi connectivity index (χ3n) is 2.85. The van der Waals surface area contributed by atoms with Gasteiger partial charge in [-0.3, -0.25) is 4.79 Å². The molecule has 0 saturated heterocycles. The predicted molar refractivity (Wildman–Crippen MR) is 84.1 cm³/mol. The van der Waals surface area contributed by atoms with Gasteiger partial charge in [0.25, 0.3) is 5.91 Å². The first-order valence-electron chi connectivity index (χ1n) is 6.62. The van der Waals surface area contributed by atoms with Gasteiger partial charge in [-0.1, -0.05) is 17.7 Å². The molecule has 21 heavy (non-hydrogen) atoms. The average Bonchev–Trinajstić information content (AvgIpc) is 2.44. The molecule has 1 amide bonds. The number of nitrogens with zero attached hydrogens (tertiary/aromatic N) is 2. The molecule has 1 aromatic heterocycles. The molecule has 2 aromatic rings. The third kappa shape index (κ3) is 3.92. The smallest absolute Gasteiger partial charge is 0.254 e. The quantitative estimate of drug-likeness (QED) is 0.909. The lowest BCUT2D eigenvalue weighted by Gasteiger charge is -2.10. The van der Waals surface area contributed by atoms with E-state index in [2.05, 4.69) is 20.6 Å². The maximum Gasteiger partial charge on any atom is 0.254 e. The fourth-order valence-electron chi connectivity index (χ4n) is 1.72. The van der Waals surface area contributed by atoms with Gasteiger partial charge in [-0.15, -0.1) is 0 Å². The molecule has 0 bridgehead atoms. The van der Waals surface area contributed by atoms with Gasteiger partial charge in [-0.25, -0.2) is 9.97 Å². The molecule has 0 aliphatic carbocycles. The lowest BCUT2D eigenvalue weighted by atomic mass is 10.2. The topological polar surface area (TPSA) is 66.9 Å². The lowest BCUT2D eigenvalue weighted by Crippen LogP contribution is -2.30. The number of benzene rings is 1. The Morgan fingerprint density at radius 3 is 2.52 bits per heavy atom. The molecule has 1 heterocycles. The third-order valence-corrected chi connectivity index (χ3v) is 3.26. The Morgan fingerprint density at radius 1 is 1.24 bits per heavy atom. The largest absolute Gasteiger partial charge is 0.350 e. The predicted octanol–water partition coefficient (Wildman–Crippen LogP) is 3.32. The Bertz CT molecular complexity index is 641. The van der Waals surface area contributed by atoms with Crippen LogP contribution in [0.1, 0.15) is 29.8 Å². The number of halogens is 1. The average molecular weight is 305 g/mol. The summed E-state index contributed by atoms with van der Waals surface area (Å²) in [5.41, 5.74) is 2.18. The van der Waals surface area contributed by atoms with E-state index in [4.69, 9.17) is 11.6 Å². The number of amides is 1. The number of carbonyl (C=O) groups is 1. The lowest BCUT2D eigenvalue weighted by molar-refractivity contribution is 0.0942. The molecule has 1 aromatic carbocycles. The number of hydrogen-bond donors (Lipinski definition) is 2. The summed E-state index contributed by atoms with van der Waals surface area (Å²) in [4.78, 5) is 20.1. The Kier molecular flexibility index (Phi) is 4.75. The summed E-state index contributed by atoms with van der Waals surface area (Å²) in [6.07, 6.45) is 2.99. The SMILES string of the molecule is Cc1c(Cl)cccc1Nc1ncc(C(=O)NC(C)C)cn1. The number of aromatic nitrogens is 2. The summed E-state index contributed by atoms with van der Waals surface area (Å²) in [5, 5.41) is 6.54. The molecule has 0 radical (unpaired) electrons. The second-order valence-electron chi connectivity index (χ2n) is 4.96. The summed E-state index contributed by atoms with van der Waals surface area (Å²) in [5.74, 6) is 0.233. The molecular weight excluding hydrogens is 288 g/mol. The minimum absolute atomic E-state index is 0.0735. The van der Waals surface area contributed by atoms with Crippen molar-refractivity contribution in [3.63, 3.8) is 0 Å². The van der Waals surface area contributed by atoms with Gasteiger partial charge in [-0.05, 0) is 38.5 Å². The van der Waals surface area contributed by atoms with Crippen LogP contribution in [0.5, 0.6) is 0 Å². The maximum absolute atomic E-state index is 11.8. The van der Waals surface area contributed by atoms with Gasteiger partial charge in [0, 0.05) is 29.1 Å². The van der Waals surface area contributed by atoms with E-state index in [1.807, 2.05) is 39.0 Å². The van der Waals surface area contributed by atoms with Crippen LogP contribution < -0.4 is 10.6 Å². The highest BCUT2D eigenvalue weighted by molar-refractivity contribution is 6.31. The van der Waals surface area contributed by atoms with Crippen LogP contribution in [-0.2, 0) is 0 Å². The molecule has 0 fully saturated rings. The van der Waals surface area contributed by atoms with Gasteiger partial charge in [0.2, 0.25) is 5.95 Å². The normalized spacial score (nSPS) is 10.5. The zero-order valence-electron chi connectivity index (χ0n) is 12.1. The van der Waals surface area contributed by atoms with E-state index in [0.29, 0.717) is 16.5 Å². The van der Waals surface area contributed by atoms with E-state index in [9.17, 15) is 4.79 Å². The van der Waals surface area contributed by atoms with E-state index in [1.54, 1.807) is 0 Å². The van der Waals surface area contributed by atoms with Crippen LogP contribution >= 0.6 is 11.6 Å². The Labute approximate surface area is 128 Å². The first kappa shape index (κ1) is 15.3. The highest BCUT2D eigenvalue weighted by Gasteiger charge is 2.09. The molecule has 2 rings (SSSR count). The van der Waals surface area contributed by atoms with Crippen molar-refractivity contribution < 1.29 is 4.79 Å². The van der Waals surface area contributed by atoms with Crippen molar-refractivity contribution >= 4 is 29.1 Å². The molecular formula is C15H17ClN4O. The van der Waals surface area contributed by atoms with Gasteiger partial charge in [-0.2, -0.15) is 0 Å². The van der Waals surface area contributed by atoms with Crippen LogP contribution in [0.3, 0.4) is 0 Å². The van der Waals surface area contributed by atoms with Crippen molar-refractivity contribution in [2.24, 2.45) is 0 Å². The number of nitrogens with one attached hydrogen (secondary N) is 2. The summed E-state index contributed by atoms with van der Waals surface area (Å²) >= 11 is 6.06. The van der Waals surface area contributed by atoms with Crippen molar-refractivity contribution in [2.45, 2.75) is 26.8 Å². The fraction of sp³-hybridized carbons (Fsp3) is 0.267. The van der Waals surface area contributed by atoms with Gasteiger partial charge in [0.05, 0.1) is 5.56 Å². The van der Waals surface area contributed by atoms with Crippen LogP contribution in [0.2, 0.25) is 5.02 Å². The van der Waals surface area contributed by atoms with E-state index in [1.165, 1.54) is 12.4 Å². The van der Waals surface area contributed by atoms with Gasteiger partial charge < -0.3 is 10.6 Å². The second-order valence-corrected chi connectivity index (χ2v) is 5.37. The first-order valence-corrected chi connectivity index (χ1v) is 7.00. The first-order chi connectivity index (χ1) is 9.97. The molecule has 0 aliphatic heterocycles. The number of carbonyl (C=O) groups excluding carboxylic acids is 1. The summed E-state index contributed by atoms with van der Waals surface area (Å²) in [6.45, 7) is 5.71. The monoisotopic (exact) mass is 304 g/mol. The summed E-state index contributed by atoms with van der Waals surface area (Å²) < 4.78 is 0. The number of anilines is 2. The highest BCUT2D eigenvalue weighted by atomic mass is 35.5. The molecule has 2 N–H and O–H groups in total. The van der Waals surface area contributed by atoms with Gasteiger partial charge >= 0.3 is 0 Å². The number of rotatable bonds is 4. The van der Waals surface area contributed by atoms with Crippen molar-refractivity contribution in [1.29, 1.82) is 0 Å². The Morgan fingerprint density at radius 2 is 1.90 bits per heavy atom. The van der Waals surface area contributed by atoms with Crippen LogP contribution in [-0.4, -0.2) is 21.9 Å². The minimum Gasteiger partial charge on any atom is -0.350 e. The molecule has 0 saturated carbocycles. The van der Waals surface area contributed by atoms with Crippen LogP contribution in [0, 0.1) is 6.92 Å². The number of hydrogen-bond acceptors (Lipinski definition) is 4. The fourth-order valence-corrected chi connectivity index (χ4v) is 1.89. The van der Waals surface area contributed by atoms with Crippen LogP contribution in [0.4, 0.5) is 11.6 Å². The van der Waals surface area contributed by atoms with Crippen molar-refractivity contribution in [1.82, 2.24) is 15.3 Å². The summed E-state index contributed by atoms with van der Waals surface area (Å²) in [7, 11) is 0. The zero-order valence-corrected chi connectivity index (χ0v) is 12.9. The van der Waals surface area contributed by atoms with Crippen LogP contribution in [0.25, 0.3) is 0 Å². The molecule has 6 heteroatoms. The molecule has 0 unspecified atom stereocenters. The minimum atomic E-state index is -0.185. The Hall–Kier alpha value is -2.14. The molecule has 0 spiro atoms. The highest BCUT2D eigenvalue weighted by Crippen LogP contribution is 2.24. The van der Waals surface area contributed by atoms with Gasteiger partial charge in [0.1, 0.15) is 0 Å². The maximum atomic E-state index is 11.8.